The third-order valence-electron chi connectivity index (χ3n) is 7.11. The van der Waals surface area contributed by atoms with Gasteiger partial charge in [-0.15, -0.1) is 0 Å². The fourth-order valence-electron chi connectivity index (χ4n) is 5.10. The largest absolute Gasteiger partial charge is 0.479 e. The lowest BCUT2D eigenvalue weighted by Gasteiger charge is -2.25. The van der Waals surface area contributed by atoms with Gasteiger partial charge in [-0.2, -0.15) is 0 Å². The van der Waals surface area contributed by atoms with Crippen LogP contribution in [-0.4, -0.2) is 53.0 Å². The predicted molar refractivity (Wildman–Crippen MR) is 130 cm³/mol. The number of aliphatic carboxylic acids is 1. The minimum Gasteiger partial charge on any atom is -0.479 e. The number of carboxylic acid groups (broad SMARTS) is 1. The molecule has 0 bridgehead atoms. The number of ether oxygens (including phenoxy) is 1. The van der Waals surface area contributed by atoms with Crippen molar-refractivity contribution >= 4 is 18.0 Å². The highest BCUT2D eigenvalue weighted by atomic mass is 16.5. The van der Waals surface area contributed by atoms with Crippen molar-refractivity contribution in [1.82, 2.24) is 10.6 Å². The van der Waals surface area contributed by atoms with Gasteiger partial charge in [-0.1, -0.05) is 61.4 Å². The van der Waals surface area contributed by atoms with Crippen LogP contribution in [0.2, 0.25) is 0 Å². The Morgan fingerprint density at radius 3 is 2.17 bits per heavy atom. The Labute approximate surface area is 204 Å². The zero-order valence-electron chi connectivity index (χ0n) is 19.8. The molecular formula is C27H32N2O6. The number of nitrogens with one attached hydrogen (secondary N) is 2. The van der Waals surface area contributed by atoms with E-state index in [1.54, 1.807) is 0 Å². The van der Waals surface area contributed by atoms with Gasteiger partial charge in [-0.3, -0.25) is 4.79 Å². The topological polar surface area (TPSA) is 125 Å². The Morgan fingerprint density at radius 2 is 1.60 bits per heavy atom. The van der Waals surface area contributed by atoms with Gasteiger partial charge in [0.05, 0.1) is 6.54 Å². The molecule has 0 radical (unpaired) electrons. The Kier molecular flexibility index (Phi) is 7.40. The highest BCUT2D eigenvalue weighted by molar-refractivity contribution is 5.81. The van der Waals surface area contributed by atoms with Crippen LogP contribution in [0.1, 0.15) is 56.1 Å². The molecule has 2 aliphatic rings. The number of fused-ring (bicyclic) bond motifs is 3. The molecule has 2 aromatic rings. The number of carbonyl (C=O) groups excluding carboxylic acids is 2. The Hall–Kier alpha value is -3.39. The van der Waals surface area contributed by atoms with E-state index in [1.165, 1.54) is 0 Å². The summed E-state index contributed by atoms with van der Waals surface area (Å²) in [6.45, 7) is 0.896. The van der Waals surface area contributed by atoms with Crippen LogP contribution in [0, 0.1) is 5.92 Å². The van der Waals surface area contributed by atoms with Gasteiger partial charge in [0, 0.05) is 18.4 Å². The van der Waals surface area contributed by atoms with Gasteiger partial charge in [0.15, 0.2) is 5.60 Å². The molecule has 2 atom stereocenters. The van der Waals surface area contributed by atoms with E-state index < -0.39 is 36.2 Å². The molecule has 2 unspecified atom stereocenters. The molecule has 2 aromatic carbocycles. The lowest BCUT2D eigenvalue weighted by Crippen LogP contribution is -2.49. The van der Waals surface area contributed by atoms with Gasteiger partial charge in [-0.25, -0.2) is 9.59 Å². The minimum absolute atomic E-state index is 0.00936. The molecule has 0 spiro atoms. The van der Waals surface area contributed by atoms with E-state index in [4.69, 9.17) is 9.84 Å². The number of amides is 2. The molecule has 0 aromatic heterocycles. The number of carbonyl (C=O) groups is 3. The van der Waals surface area contributed by atoms with Crippen LogP contribution in [0.4, 0.5) is 4.79 Å². The van der Waals surface area contributed by atoms with E-state index in [-0.39, 0.29) is 24.9 Å². The summed E-state index contributed by atoms with van der Waals surface area (Å²) in [5.74, 6) is -1.76. The minimum atomic E-state index is -2.06. The van der Waals surface area contributed by atoms with E-state index in [0.717, 1.165) is 54.9 Å². The van der Waals surface area contributed by atoms with Gasteiger partial charge in [-0.05, 0) is 47.9 Å². The van der Waals surface area contributed by atoms with Crippen molar-refractivity contribution < 1.29 is 29.3 Å². The number of rotatable bonds is 9. The van der Waals surface area contributed by atoms with Crippen molar-refractivity contribution in [3.63, 3.8) is 0 Å². The van der Waals surface area contributed by atoms with Crippen molar-refractivity contribution in [1.29, 1.82) is 0 Å². The molecule has 1 fully saturated rings. The second-order valence-electron chi connectivity index (χ2n) is 9.68. The molecule has 2 aliphatic carbocycles. The molecule has 0 heterocycles. The Balaban J connectivity index is 1.37. The highest BCUT2D eigenvalue weighted by Crippen LogP contribution is 2.44. The standard InChI is InChI=1S/C27H32N2O6/c1-27(34,25(31)32)16-28-24(30)14-23(17-8-2-3-9-17)29-26(33)35-15-22-20-12-6-4-10-18(20)19-11-5-7-13-21(19)22/h4-7,10-13,17,22-23,34H,2-3,8-9,14-16H2,1H3,(H,28,30)(H,29,33)(H,31,32). The van der Waals surface area contributed by atoms with Crippen LogP contribution in [0.5, 0.6) is 0 Å². The number of hydrogen-bond donors (Lipinski definition) is 4. The predicted octanol–water partition coefficient (Wildman–Crippen LogP) is 3.43. The van der Waals surface area contributed by atoms with Crippen LogP contribution in [0.15, 0.2) is 48.5 Å². The maximum atomic E-state index is 12.8. The molecule has 35 heavy (non-hydrogen) atoms. The average Bonchev–Trinajstić information content (AvgIpc) is 3.48. The molecule has 2 amide bonds. The van der Waals surface area contributed by atoms with Gasteiger partial charge in [0.2, 0.25) is 5.91 Å². The normalized spacial score (nSPS) is 17.7. The summed E-state index contributed by atoms with van der Waals surface area (Å²) in [6, 6.07) is 15.8. The van der Waals surface area contributed by atoms with E-state index in [9.17, 15) is 19.5 Å². The third-order valence-corrected chi connectivity index (χ3v) is 7.11. The van der Waals surface area contributed by atoms with Crippen molar-refractivity contribution in [3.8, 4) is 11.1 Å². The van der Waals surface area contributed by atoms with Crippen LogP contribution in [0.3, 0.4) is 0 Å². The zero-order valence-corrected chi connectivity index (χ0v) is 19.8. The first-order valence-electron chi connectivity index (χ1n) is 12.1. The lowest BCUT2D eigenvalue weighted by molar-refractivity contribution is -0.156. The molecular weight excluding hydrogens is 448 g/mol. The summed E-state index contributed by atoms with van der Waals surface area (Å²) in [4.78, 5) is 36.4. The van der Waals surface area contributed by atoms with Crippen molar-refractivity contribution in [2.24, 2.45) is 5.92 Å². The second-order valence-corrected chi connectivity index (χ2v) is 9.68. The van der Waals surface area contributed by atoms with E-state index in [1.807, 2.05) is 24.3 Å². The third kappa shape index (κ3) is 5.65. The van der Waals surface area contributed by atoms with Crippen LogP contribution in [0.25, 0.3) is 11.1 Å². The summed E-state index contributed by atoms with van der Waals surface area (Å²) in [5, 5.41) is 24.2. The van der Waals surface area contributed by atoms with Crippen molar-refractivity contribution in [2.75, 3.05) is 13.2 Å². The van der Waals surface area contributed by atoms with E-state index in [2.05, 4.69) is 34.9 Å². The first kappa shape index (κ1) is 24.7. The SMILES string of the molecule is CC(O)(CNC(=O)CC(NC(=O)OCC1c2ccccc2-c2ccccc21)C1CCCC1)C(=O)O. The fraction of sp³-hybridized carbons (Fsp3) is 0.444. The Morgan fingerprint density at radius 1 is 1.03 bits per heavy atom. The summed E-state index contributed by atoms with van der Waals surface area (Å²) in [7, 11) is 0. The highest BCUT2D eigenvalue weighted by Gasteiger charge is 2.33. The smallest absolute Gasteiger partial charge is 0.407 e. The van der Waals surface area contributed by atoms with E-state index in [0.29, 0.717) is 0 Å². The molecule has 0 aliphatic heterocycles. The fourth-order valence-corrected chi connectivity index (χ4v) is 5.10. The number of hydrogen-bond acceptors (Lipinski definition) is 5. The summed E-state index contributed by atoms with van der Waals surface area (Å²) in [6.07, 6.45) is 3.27. The van der Waals surface area contributed by atoms with Gasteiger partial charge in [0.25, 0.3) is 0 Å². The van der Waals surface area contributed by atoms with Crippen LogP contribution >= 0.6 is 0 Å². The number of benzene rings is 2. The van der Waals surface area contributed by atoms with Gasteiger partial charge in [0.1, 0.15) is 6.61 Å². The van der Waals surface area contributed by atoms with E-state index >= 15 is 0 Å². The molecule has 186 valence electrons. The number of alkyl carbamates (subject to hydrolysis) is 1. The zero-order chi connectivity index (χ0) is 25.0. The van der Waals surface area contributed by atoms with Crippen molar-refractivity contribution in [3.05, 3.63) is 59.7 Å². The average molecular weight is 481 g/mol. The Bertz CT molecular complexity index is 1050. The summed E-state index contributed by atoms with van der Waals surface area (Å²) in [5.41, 5.74) is 2.49. The summed E-state index contributed by atoms with van der Waals surface area (Å²) < 4.78 is 5.66. The molecule has 8 nitrogen and oxygen atoms in total. The molecule has 8 heteroatoms. The molecule has 4 rings (SSSR count). The number of aliphatic hydroxyl groups is 1. The molecule has 1 saturated carbocycles. The first-order chi connectivity index (χ1) is 16.8. The maximum Gasteiger partial charge on any atom is 0.407 e. The summed E-state index contributed by atoms with van der Waals surface area (Å²) >= 11 is 0. The van der Waals surface area contributed by atoms with Crippen LogP contribution < -0.4 is 10.6 Å². The van der Waals surface area contributed by atoms with Gasteiger partial charge >= 0.3 is 12.1 Å². The first-order valence-corrected chi connectivity index (χ1v) is 12.1. The quantitative estimate of drug-likeness (QED) is 0.436. The maximum absolute atomic E-state index is 12.8. The molecule has 4 N–H and O–H groups in total. The number of carboxylic acids is 1. The molecule has 0 saturated heterocycles. The van der Waals surface area contributed by atoms with Gasteiger partial charge < -0.3 is 25.6 Å². The monoisotopic (exact) mass is 480 g/mol. The van der Waals surface area contributed by atoms with Crippen LogP contribution in [-0.2, 0) is 14.3 Å². The lowest BCUT2D eigenvalue weighted by atomic mass is 9.95. The van der Waals surface area contributed by atoms with Crippen molar-refractivity contribution in [2.45, 2.75) is 56.6 Å². The second kappa shape index (κ2) is 10.5.